The van der Waals surface area contributed by atoms with Crippen molar-refractivity contribution in [3.8, 4) is 5.75 Å². The van der Waals surface area contributed by atoms with Crippen molar-refractivity contribution in [3.63, 3.8) is 0 Å². The van der Waals surface area contributed by atoms with Gasteiger partial charge >= 0.3 is 24.1 Å². The second kappa shape index (κ2) is 13.8. The molecule has 0 saturated heterocycles. The molecule has 0 aliphatic heterocycles. The van der Waals surface area contributed by atoms with Crippen molar-refractivity contribution in [1.82, 2.24) is 25.2 Å². The summed E-state index contributed by atoms with van der Waals surface area (Å²) in [6.45, 7) is 15.5. The van der Waals surface area contributed by atoms with E-state index in [1.165, 1.54) is 29.0 Å². The fourth-order valence-electron chi connectivity index (χ4n) is 3.59. The summed E-state index contributed by atoms with van der Waals surface area (Å²) >= 11 is 1.94. The predicted molar refractivity (Wildman–Crippen MR) is 172 cm³/mol. The van der Waals surface area contributed by atoms with Gasteiger partial charge < -0.3 is 18.9 Å². The molecule has 15 heteroatoms. The van der Waals surface area contributed by atoms with Crippen molar-refractivity contribution in [2.75, 3.05) is 0 Å². The third-order valence-corrected chi connectivity index (χ3v) is 5.96. The van der Waals surface area contributed by atoms with Gasteiger partial charge in [0.15, 0.2) is 11.4 Å². The van der Waals surface area contributed by atoms with Crippen LogP contribution in [0.2, 0.25) is 0 Å². The Morgan fingerprint density at radius 1 is 0.844 bits per heavy atom. The second-order valence-electron chi connectivity index (χ2n) is 12.7. The molecule has 0 radical (unpaired) electrons. The smallest absolute Gasteiger partial charge is 0.414 e. The number of ether oxygens (including phenoxy) is 4. The molecule has 0 unspecified atom stereocenters. The Balaban J connectivity index is 1.82. The number of halogens is 1. The van der Waals surface area contributed by atoms with Crippen LogP contribution in [0.15, 0.2) is 41.7 Å². The number of alkyl carbamates (subject to hydrolysis) is 2. The number of hydrogen-bond acceptors (Lipinski definition) is 11. The lowest BCUT2D eigenvalue weighted by atomic mass is 10.2. The van der Waals surface area contributed by atoms with Gasteiger partial charge in [0.2, 0.25) is 5.96 Å². The molecule has 0 aliphatic carbocycles. The maximum absolute atomic E-state index is 13.2. The number of carbonyl (C=O) groups is 4. The van der Waals surface area contributed by atoms with E-state index < -0.39 is 40.9 Å². The SMILES string of the molecule is CC(C)(C)OC(=O)Cc1ccc(OC(=O)c2ccc(N=C(NC(=O)OC(C)(C)C)NC(=O)OC(C)(C)C)cc2I)c2ncnn12. The number of pyridine rings is 1. The highest BCUT2D eigenvalue weighted by atomic mass is 127. The van der Waals surface area contributed by atoms with E-state index in [1.807, 2.05) is 22.6 Å². The lowest BCUT2D eigenvalue weighted by Crippen LogP contribution is -2.47. The van der Waals surface area contributed by atoms with Crippen molar-refractivity contribution in [3.05, 3.63) is 51.5 Å². The lowest BCUT2D eigenvalue weighted by molar-refractivity contribution is -0.154. The molecular formula is C30H37IN6O8. The molecule has 0 saturated carbocycles. The van der Waals surface area contributed by atoms with E-state index >= 15 is 0 Å². The molecule has 14 nitrogen and oxygen atoms in total. The van der Waals surface area contributed by atoms with Gasteiger partial charge in [-0.1, -0.05) is 0 Å². The van der Waals surface area contributed by atoms with E-state index in [4.69, 9.17) is 18.9 Å². The Labute approximate surface area is 274 Å². The van der Waals surface area contributed by atoms with Crippen molar-refractivity contribution in [1.29, 1.82) is 0 Å². The number of aromatic nitrogens is 3. The molecular weight excluding hydrogens is 699 g/mol. The Hall–Kier alpha value is -4.28. The van der Waals surface area contributed by atoms with Gasteiger partial charge in [0.1, 0.15) is 23.1 Å². The van der Waals surface area contributed by atoms with Crippen molar-refractivity contribution < 1.29 is 38.1 Å². The van der Waals surface area contributed by atoms with Gasteiger partial charge in [-0.05, 0) is 115 Å². The Morgan fingerprint density at radius 3 is 1.96 bits per heavy atom. The maximum Gasteiger partial charge on any atom is 0.414 e. The minimum Gasteiger partial charge on any atom is -0.460 e. The number of benzene rings is 1. The van der Waals surface area contributed by atoms with Crippen molar-refractivity contribution in [2.45, 2.75) is 85.5 Å². The van der Waals surface area contributed by atoms with Gasteiger partial charge in [-0.15, -0.1) is 0 Å². The number of esters is 2. The van der Waals surface area contributed by atoms with Crippen LogP contribution in [0.25, 0.3) is 5.65 Å². The minimum absolute atomic E-state index is 0.0568. The van der Waals surface area contributed by atoms with Crippen LogP contribution in [-0.2, 0) is 25.4 Å². The lowest BCUT2D eigenvalue weighted by Gasteiger charge is -2.22. The molecule has 0 atom stereocenters. The summed E-state index contributed by atoms with van der Waals surface area (Å²) in [5.41, 5.74) is -0.979. The summed E-state index contributed by atoms with van der Waals surface area (Å²) in [5.74, 6) is -1.23. The third-order valence-electron chi connectivity index (χ3n) is 5.07. The molecule has 2 N–H and O–H groups in total. The van der Waals surface area contributed by atoms with Crippen molar-refractivity contribution in [2.24, 2.45) is 4.99 Å². The van der Waals surface area contributed by atoms with Crippen LogP contribution in [0, 0.1) is 3.57 Å². The van der Waals surface area contributed by atoms with Gasteiger partial charge in [0.25, 0.3) is 0 Å². The zero-order valence-electron chi connectivity index (χ0n) is 26.6. The predicted octanol–water partition coefficient (Wildman–Crippen LogP) is 5.47. The molecule has 3 rings (SSSR count). The van der Waals surface area contributed by atoms with Gasteiger partial charge in [-0.2, -0.15) is 5.10 Å². The number of amides is 2. The first-order chi connectivity index (χ1) is 20.7. The first-order valence-corrected chi connectivity index (χ1v) is 14.9. The standard InChI is InChI=1S/C30H37IN6O8/c1-28(2,3)43-22(38)15-18-11-13-21(23-32-16-33-37(18)23)42-24(39)19-12-10-17(14-20(19)31)34-25(35-26(40)44-29(4,5)6)36-27(41)45-30(7,8)9/h10-14,16H,15H2,1-9H3,(H2,34,35,36,40,41). The Bertz CT molecular complexity index is 1600. The second-order valence-corrected chi connectivity index (χ2v) is 13.9. The van der Waals surface area contributed by atoms with Crippen LogP contribution >= 0.6 is 22.6 Å². The molecule has 0 spiro atoms. The normalized spacial score (nSPS) is 11.8. The Morgan fingerprint density at radius 2 is 1.42 bits per heavy atom. The molecule has 0 aliphatic rings. The summed E-state index contributed by atoms with van der Waals surface area (Å²) in [4.78, 5) is 58.8. The average molecular weight is 737 g/mol. The first-order valence-electron chi connectivity index (χ1n) is 13.8. The summed E-state index contributed by atoms with van der Waals surface area (Å²) in [6, 6.07) is 7.68. The number of nitrogens with one attached hydrogen (secondary N) is 2. The molecule has 242 valence electrons. The van der Waals surface area contributed by atoms with Crippen LogP contribution in [0.5, 0.6) is 5.75 Å². The number of nitrogens with zero attached hydrogens (tertiary/aromatic N) is 4. The van der Waals surface area contributed by atoms with Crippen LogP contribution in [0.4, 0.5) is 15.3 Å². The zero-order valence-corrected chi connectivity index (χ0v) is 28.8. The quantitative estimate of drug-likeness (QED) is 0.112. The van der Waals surface area contributed by atoms with Gasteiger partial charge in [-0.3, -0.25) is 15.4 Å². The number of guanidine groups is 1. The van der Waals surface area contributed by atoms with Crippen LogP contribution < -0.4 is 15.4 Å². The molecule has 2 heterocycles. The number of fused-ring (bicyclic) bond motifs is 1. The average Bonchev–Trinajstić information content (AvgIpc) is 3.32. The molecule has 45 heavy (non-hydrogen) atoms. The van der Waals surface area contributed by atoms with Crippen LogP contribution in [0.1, 0.15) is 78.4 Å². The van der Waals surface area contributed by atoms with Crippen LogP contribution in [0.3, 0.4) is 0 Å². The third kappa shape index (κ3) is 11.3. The first kappa shape index (κ1) is 35.2. The number of hydrogen-bond donors (Lipinski definition) is 2. The van der Waals surface area contributed by atoms with E-state index in [2.05, 4.69) is 25.7 Å². The molecule has 2 aromatic heterocycles. The maximum atomic E-state index is 13.2. The summed E-state index contributed by atoms with van der Waals surface area (Å²) in [7, 11) is 0. The minimum atomic E-state index is -0.843. The molecule has 0 fully saturated rings. The molecule has 3 aromatic rings. The molecule has 2 amide bonds. The highest BCUT2D eigenvalue weighted by Gasteiger charge is 2.23. The molecule has 0 bridgehead atoms. The Kier molecular flexibility index (Phi) is 10.8. The van der Waals surface area contributed by atoms with E-state index in [1.54, 1.807) is 74.4 Å². The highest BCUT2D eigenvalue weighted by molar-refractivity contribution is 14.1. The fourth-order valence-corrected chi connectivity index (χ4v) is 4.31. The van der Waals surface area contributed by atoms with E-state index in [9.17, 15) is 19.2 Å². The van der Waals surface area contributed by atoms with E-state index in [0.717, 1.165) is 0 Å². The topological polar surface area (TPSA) is 172 Å². The van der Waals surface area contributed by atoms with E-state index in [-0.39, 0.29) is 29.3 Å². The highest BCUT2D eigenvalue weighted by Crippen LogP contribution is 2.25. The molecule has 1 aromatic carbocycles. The number of carbonyl (C=O) groups excluding carboxylic acids is 4. The van der Waals surface area contributed by atoms with Crippen molar-refractivity contribution >= 4 is 64.0 Å². The largest absolute Gasteiger partial charge is 0.460 e. The zero-order chi connectivity index (χ0) is 33.7. The van der Waals surface area contributed by atoms with E-state index in [0.29, 0.717) is 15.0 Å². The summed E-state index contributed by atoms with van der Waals surface area (Å²) in [5, 5.41) is 8.98. The summed E-state index contributed by atoms with van der Waals surface area (Å²) < 4.78 is 23.5. The summed E-state index contributed by atoms with van der Waals surface area (Å²) in [6.07, 6.45) is -0.456. The van der Waals surface area contributed by atoms with Gasteiger partial charge in [-0.25, -0.2) is 28.9 Å². The number of aliphatic imine (C=N–C) groups is 1. The fraction of sp³-hybridized carbons (Fsp3) is 0.433. The van der Waals surface area contributed by atoms with Crippen LogP contribution in [-0.4, -0.2) is 61.5 Å². The monoisotopic (exact) mass is 736 g/mol. The van der Waals surface area contributed by atoms with Gasteiger partial charge in [0.05, 0.1) is 23.4 Å². The number of rotatable bonds is 5. The van der Waals surface area contributed by atoms with Gasteiger partial charge in [0, 0.05) is 3.57 Å².